The second kappa shape index (κ2) is 6.62. The van der Waals surface area contributed by atoms with E-state index in [1.54, 1.807) is 18.2 Å². The minimum Gasteiger partial charge on any atom is -0.325 e. The molecule has 0 spiro atoms. The largest absolute Gasteiger partial charge is 0.325 e. The van der Waals surface area contributed by atoms with Crippen molar-refractivity contribution in [3.63, 3.8) is 0 Å². The number of anilines is 1. The van der Waals surface area contributed by atoms with Crippen molar-refractivity contribution in [2.45, 2.75) is 46.0 Å². The summed E-state index contributed by atoms with van der Waals surface area (Å²) < 4.78 is 0.757. The molecular formula is C17H21BrN2O. The summed E-state index contributed by atoms with van der Waals surface area (Å²) >= 11 is 3.43. The van der Waals surface area contributed by atoms with E-state index in [2.05, 4.69) is 41.2 Å². The van der Waals surface area contributed by atoms with Gasteiger partial charge < -0.3 is 5.32 Å². The van der Waals surface area contributed by atoms with Crippen molar-refractivity contribution in [3.8, 4) is 6.07 Å². The first-order chi connectivity index (χ1) is 9.97. The SMILES string of the molecule is CC(C)CC1(C(=O)Nc2ccc(C#N)cc2Br)CCCC1. The molecule has 0 atom stereocenters. The van der Waals surface area contributed by atoms with E-state index in [9.17, 15) is 4.79 Å². The van der Waals surface area contributed by atoms with Gasteiger partial charge in [-0.2, -0.15) is 5.26 Å². The molecule has 0 radical (unpaired) electrons. The van der Waals surface area contributed by atoms with Gasteiger partial charge >= 0.3 is 0 Å². The number of nitriles is 1. The van der Waals surface area contributed by atoms with Gasteiger partial charge in [-0.15, -0.1) is 0 Å². The van der Waals surface area contributed by atoms with Crippen LogP contribution in [-0.2, 0) is 4.79 Å². The molecule has 1 N–H and O–H groups in total. The third-order valence-corrected chi connectivity index (χ3v) is 4.84. The Morgan fingerprint density at radius 2 is 2.10 bits per heavy atom. The van der Waals surface area contributed by atoms with Crippen LogP contribution < -0.4 is 5.32 Å². The Morgan fingerprint density at radius 3 is 2.62 bits per heavy atom. The Kier molecular flexibility index (Phi) is 5.05. The lowest BCUT2D eigenvalue weighted by molar-refractivity contribution is -0.126. The van der Waals surface area contributed by atoms with Crippen molar-refractivity contribution in [3.05, 3.63) is 28.2 Å². The summed E-state index contributed by atoms with van der Waals surface area (Å²) in [5.74, 6) is 0.636. The van der Waals surface area contributed by atoms with E-state index in [0.29, 0.717) is 11.5 Å². The molecule has 0 aliphatic heterocycles. The zero-order valence-corrected chi connectivity index (χ0v) is 14.2. The fraction of sp³-hybridized carbons (Fsp3) is 0.529. The van der Waals surface area contributed by atoms with Crippen LogP contribution in [0.15, 0.2) is 22.7 Å². The van der Waals surface area contributed by atoms with Crippen molar-refractivity contribution in [2.24, 2.45) is 11.3 Å². The van der Waals surface area contributed by atoms with Crippen LogP contribution in [0.4, 0.5) is 5.69 Å². The number of hydrogen-bond acceptors (Lipinski definition) is 2. The van der Waals surface area contributed by atoms with Crippen molar-refractivity contribution in [2.75, 3.05) is 5.32 Å². The molecule has 0 unspecified atom stereocenters. The van der Waals surface area contributed by atoms with Gasteiger partial charge in [0, 0.05) is 9.89 Å². The Hall–Kier alpha value is -1.34. The average Bonchev–Trinajstić information content (AvgIpc) is 2.89. The number of hydrogen-bond donors (Lipinski definition) is 1. The number of benzene rings is 1. The molecule has 112 valence electrons. The van der Waals surface area contributed by atoms with Gasteiger partial charge in [-0.3, -0.25) is 4.79 Å². The van der Waals surface area contributed by atoms with Crippen LogP contribution in [0.3, 0.4) is 0 Å². The van der Waals surface area contributed by atoms with E-state index in [1.165, 1.54) is 0 Å². The Labute approximate surface area is 134 Å². The fourth-order valence-corrected chi connectivity index (χ4v) is 3.78. The average molecular weight is 349 g/mol. The van der Waals surface area contributed by atoms with Crippen LogP contribution in [0.2, 0.25) is 0 Å². The molecule has 1 aromatic carbocycles. The number of halogens is 1. The van der Waals surface area contributed by atoms with E-state index in [4.69, 9.17) is 5.26 Å². The summed E-state index contributed by atoms with van der Waals surface area (Å²) in [7, 11) is 0. The minimum absolute atomic E-state index is 0.124. The van der Waals surface area contributed by atoms with Gasteiger partial charge in [-0.05, 0) is 59.3 Å². The van der Waals surface area contributed by atoms with Gasteiger partial charge in [-0.1, -0.05) is 26.7 Å². The number of nitrogens with zero attached hydrogens (tertiary/aromatic N) is 1. The van der Waals surface area contributed by atoms with Gasteiger partial charge in [0.1, 0.15) is 0 Å². The maximum atomic E-state index is 12.8. The summed E-state index contributed by atoms with van der Waals surface area (Å²) in [6, 6.07) is 7.35. The maximum absolute atomic E-state index is 12.8. The van der Waals surface area contributed by atoms with E-state index in [1.807, 2.05) is 0 Å². The zero-order chi connectivity index (χ0) is 15.5. The van der Waals surface area contributed by atoms with Crippen molar-refractivity contribution in [1.29, 1.82) is 5.26 Å². The van der Waals surface area contributed by atoms with E-state index in [0.717, 1.165) is 42.3 Å². The third kappa shape index (κ3) is 3.65. The lowest BCUT2D eigenvalue weighted by Gasteiger charge is -2.29. The molecule has 0 saturated heterocycles. The van der Waals surface area contributed by atoms with Crippen molar-refractivity contribution < 1.29 is 4.79 Å². The number of carbonyl (C=O) groups is 1. The molecule has 0 heterocycles. The quantitative estimate of drug-likeness (QED) is 0.843. The molecule has 1 aliphatic rings. The predicted molar refractivity (Wildman–Crippen MR) is 87.8 cm³/mol. The molecular weight excluding hydrogens is 328 g/mol. The van der Waals surface area contributed by atoms with Crippen molar-refractivity contribution in [1.82, 2.24) is 0 Å². The molecule has 0 bridgehead atoms. The molecule has 1 saturated carbocycles. The monoisotopic (exact) mass is 348 g/mol. The summed E-state index contributed by atoms with van der Waals surface area (Å²) in [6.45, 7) is 4.34. The van der Waals surface area contributed by atoms with Crippen LogP contribution >= 0.6 is 15.9 Å². The lowest BCUT2D eigenvalue weighted by Crippen LogP contribution is -2.35. The minimum atomic E-state index is -0.221. The number of rotatable bonds is 4. The lowest BCUT2D eigenvalue weighted by atomic mass is 9.77. The molecule has 2 rings (SSSR count). The van der Waals surface area contributed by atoms with Crippen molar-refractivity contribution >= 4 is 27.5 Å². The first-order valence-corrected chi connectivity index (χ1v) is 8.27. The molecule has 1 aromatic rings. The highest BCUT2D eigenvalue weighted by Gasteiger charge is 2.41. The topological polar surface area (TPSA) is 52.9 Å². The molecule has 1 fully saturated rings. The Balaban J connectivity index is 2.18. The Bertz CT molecular complexity index is 569. The van der Waals surface area contributed by atoms with Gasteiger partial charge in [0.15, 0.2) is 0 Å². The number of carbonyl (C=O) groups excluding carboxylic acids is 1. The maximum Gasteiger partial charge on any atom is 0.230 e. The van der Waals surface area contributed by atoms with E-state index < -0.39 is 0 Å². The van der Waals surface area contributed by atoms with Crippen LogP contribution in [-0.4, -0.2) is 5.91 Å². The highest BCUT2D eigenvalue weighted by Crippen LogP contribution is 2.44. The highest BCUT2D eigenvalue weighted by atomic mass is 79.9. The van der Waals surface area contributed by atoms with E-state index in [-0.39, 0.29) is 11.3 Å². The number of nitrogens with one attached hydrogen (secondary N) is 1. The third-order valence-electron chi connectivity index (χ3n) is 4.19. The fourth-order valence-electron chi connectivity index (χ4n) is 3.30. The molecule has 1 aliphatic carbocycles. The van der Waals surface area contributed by atoms with Gasteiger partial charge in [0.25, 0.3) is 0 Å². The standard InChI is InChI=1S/C17H21BrN2O/c1-12(2)10-17(7-3-4-8-17)16(21)20-15-6-5-13(11-19)9-14(15)18/h5-6,9,12H,3-4,7-8,10H2,1-2H3,(H,20,21). The summed E-state index contributed by atoms with van der Waals surface area (Å²) in [5, 5.41) is 11.9. The first kappa shape index (κ1) is 16.0. The second-order valence-electron chi connectivity index (χ2n) is 6.35. The van der Waals surface area contributed by atoms with Gasteiger partial charge in [0.05, 0.1) is 17.3 Å². The number of amides is 1. The molecule has 21 heavy (non-hydrogen) atoms. The molecule has 4 heteroatoms. The summed E-state index contributed by atoms with van der Waals surface area (Å²) in [5.41, 5.74) is 1.10. The molecule has 0 aromatic heterocycles. The normalized spacial score (nSPS) is 16.7. The van der Waals surface area contributed by atoms with E-state index >= 15 is 0 Å². The Morgan fingerprint density at radius 1 is 1.43 bits per heavy atom. The highest BCUT2D eigenvalue weighted by molar-refractivity contribution is 9.10. The van der Waals surface area contributed by atoms with Crippen LogP contribution in [0, 0.1) is 22.7 Å². The first-order valence-electron chi connectivity index (χ1n) is 7.48. The second-order valence-corrected chi connectivity index (χ2v) is 7.20. The molecule has 3 nitrogen and oxygen atoms in total. The van der Waals surface area contributed by atoms with Crippen LogP contribution in [0.1, 0.15) is 51.5 Å². The summed E-state index contributed by atoms with van der Waals surface area (Å²) in [6.07, 6.45) is 5.16. The zero-order valence-electron chi connectivity index (χ0n) is 12.6. The van der Waals surface area contributed by atoms with Gasteiger partial charge in [0.2, 0.25) is 5.91 Å². The van der Waals surface area contributed by atoms with Crippen LogP contribution in [0.25, 0.3) is 0 Å². The van der Waals surface area contributed by atoms with Gasteiger partial charge in [-0.25, -0.2) is 0 Å². The predicted octanol–water partition coefficient (Wildman–Crippen LogP) is 4.87. The smallest absolute Gasteiger partial charge is 0.230 e. The van der Waals surface area contributed by atoms with Crippen LogP contribution in [0.5, 0.6) is 0 Å². The molecule has 1 amide bonds. The summed E-state index contributed by atoms with van der Waals surface area (Å²) in [4.78, 5) is 12.8.